The monoisotopic (exact) mass is 686 g/mol. The van der Waals surface area contributed by atoms with E-state index in [0.29, 0.717) is 112 Å². The summed E-state index contributed by atoms with van der Waals surface area (Å²) in [5.41, 5.74) is -0.503. The molecule has 0 heterocycles. The number of ether oxygens (including phenoxy) is 11. The fraction of sp³-hybridized carbons (Fsp3) is 0.903. The number of nitrogens with one attached hydrogen (secondary N) is 1. The first kappa shape index (κ1) is 47.0. The quantitative estimate of drug-likeness (QED) is 0.0652. The van der Waals surface area contributed by atoms with Crippen molar-refractivity contribution in [1.82, 2.24) is 10.2 Å². The predicted octanol–water partition coefficient (Wildman–Crippen LogP) is 1.32. The van der Waals surface area contributed by atoms with Gasteiger partial charge < -0.3 is 62.3 Å². The fourth-order valence-electron chi connectivity index (χ4n) is 2.85. The van der Waals surface area contributed by atoms with Crippen LogP contribution in [0.4, 0.5) is 4.79 Å². The molecule has 0 saturated carbocycles. The van der Waals surface area contributed by atoms with Crippen molar-refractivity contribution in [3.8, 4) is 0 Å². The van der Waals surface area contributed by atoms with Crippen LogP contribution in [0.2, 0.25) is 0 Å². The Bertz CT molecular complexity index is 725. The minimum atomic E-state index is -0.503. The molecule has 0 fully saturated rings. The van der Waals surface area contributed by atoms with Crippen LogP contribution in [0.3, 0.4) is 0 Å². The van der Waals surface area contributed by atoms with Gasteiger partial charge in [0.15, 0.2) is 0 Å². The number of carbonyl (C=O) groups excluding carboxylic acids is 3. The summed E-state index contributed by atoms with van der Waals surface area (Å²) in [5, 5.41) is 2.99. The van der Waals surface area contributed by atoms with Crippen molar-refractivity contribution in [2.24, 2.45) is 0 Å². The van der Waals surface area contributed by atoms with E-state index >= 15 is 0 Å². The number of hydrogen-bond donors (Lipinski definition) is 1. The molecule has 0 aliphatic carbocycles. The van der Waals surface area contributed by atoms with E-state index in [2.05, 4.69) is 14.8 Å². The third-order valence-electron chi connectivity index (χ3n) is 5.36. The Morgan fingerprint density at radius 1 is 0.532 bits per heavy atom. The molecule has 0 rings (SSSR count). The summed E-state index contributed by atoms with van der Waals surface area (Å²) in [6.45, 7) is 14.4. The van der Waals surface area contributed by atoms with Gasteiger partial charge in [0, 0.05) is 20.1 Å². The number of likely N-dealkylation sites (N-methyl/N-ethyl adjacent to an activating group) is 2. The number of esters is 2. The SMILES string of the molecule is CNCCOCCOCCOCCOCCC(=O)OC.COC(=O)CCOCCOCCOCCOCCN(C)C(=O)OC(C)(C)C. The first-order valence-electron chi connectivity index (χ1n) is 15.9. The molecule has 0 saturated heterocycles. The Labute approximate surface area is 281 Å². The molecule has 0 atom stereocenters. The molecule has 280 valence electrons. The van der Waals surface area contributed by atoms with E-state index in [-0.39, 0.29) is 30.9 Å². The van der Waals surface area contributed by atoms with Crippen molar-refractivity contribution in [2.45, 2.75) is 39.2 Å². The molecular formula is C31H62N2O14. The maximum atomic E-state index is 11.7. The van der Waals surface area contributed by atoms with Gasteiger partial charge in [0.05, 0.1) is 133 Å². The van der Waals surface area contributed by atoms with Crippen LogP contribution < -0.4 is 5.32 Å². The summed E-state index contributed by atoms with van der Waals surface area (Å²) >= 11 is 0. The number of rotatable bonds is 30. The number of methoxy groups -OCH3 is 2. The number of amides is 1. The molecule has 47 heavy (non-hydrogen) atoms. The van der Waals surface area contributed by atoms with Crippen LogP contribution in [0.25, 0.3) is 0 Å². The summed E-state index contributed by atoms with van der Waals surface area (Å²) in [6, 6.07) is 0. The van der Waals surface area contributed by atoms with Crippen molar-refractivity contribution >= 4 is 18.0 Å². The highest BCUT2D eigenvalue weighted by Crippen LogP contribution is 2.08. The van der Waals surface area contributed by atoms with Crippen LogP contribution in [0.5, 0.6) is 0 Å². The largest absolute Gasteiger partial charge is 0.469 e. The second-order valence-corrected chi connectivity index (χ2v) is 10.6. The first-order chi connectivity index (χ1) is 22.6. The van der Waals surface area contributed by atoms with Gasteiger partial charge in [-0.15, -0.1) is 0 Å². The highest BCUT2D eigenvalue weighted by molar-refractivity contribution is 5.69. The van der Waals surface area contributed by atoms with Gasteiger partial charge in [-0.05, 0) is 27.8 Å². The Morgan fingerprint density at radius 3 is 1.17 bits per heavy atom. The van der Waals surface area contributed by atoms with E-state index in [1.165, 1.54) is 19.1 Å². The molecule has 0 spiro atoms. The lowest BCUT2D eigenvalue weighted by Gasteiger charge is -2.24. The van der Waals surface area contributed by atoms with Crippen LogP contribution in [-0.4, -0.2) is 176 Å². The molecule has 1 amide bonds. The molecule has 0 aromatic heterocycles. The van der Waals surface area contributed by atoms with Crippen LogP contribution in [-0.2, 0) is 61.7 Å². The lowest BCUT2D eigenvalue weighted by atomic mass is 10.2. The summed E-state index contributed by atoms with van der Waals surface area (Å²) in [7, 11) is 6.26. The smallest absolute Gasteiger partial charge is 0.410 e. The third-order valence-corrected chi connectivity index (χ3v) is 5.36. The van der Waals surface area contributed by atoms with E-state index in [4.69, 9.17) is 42.6 Å². The molecule has 0 radical (unpaired) electrons. The summed E-state index contributed by atoms with van der Waals surface area (Å²) in [5.74, 6) is -0.556. The summed E-state index contributed by atoms with van der Waals surface area (Å²) in [4.78, 5) is 34.8. The second kappa shape index (κ2) is 35.2. The summed E-state index contributed by atoms with van der Waals surface area (Å²) < 4.78 is 56.6. The van der Waals surface area contributed by atoms with E-state index in [1.54, 1.807) is 7.05 Å². The van der Waals surface area contributed by atoms with Crippen molar-refractivity contribution in [3.05, 3.63) is 0 Å². The number of carbonyl (C=O) groups is 3. The molecule has 0 unspecified atom stereocenters. The van der Waals surface area contributed by atoms with Gasteiger partial charge in [-0.25, -0.2) is 4.79 Å². The van der Waals surface area contributed by atoms with Gasteiger partial charge in [-0.2, -0.15) is 0 Å². The molecule has 0 aliphatic heterocycles. The Hall–Kier alpha value is -2.15. The maximum Gasteiger partial charge on any atom is 0.410 e. The minimum absolute atomic E-state index is 0.243. The van der Waals surface area contributed by atoms with Gasteiger partial charge in [0.1, 0.15) is 5.60 Å². The number of nitrogens with zero attached hydrogens (tertiary/aromatic N) is 1. The average molecular weight is 687 g/mol. The Balaban J connectivity index is 0. The molecular weight excluding hydrogens is 624 g/mol. The average Bonchev–Trinajstić information content (AvgIpc) is 3.04. The van der Waals surface area contributed by atoms with Gasteiger partial charge in [0.25, 0.3) is 0 Å². The Morgan fingerprint density at radius 2 is 0.851 bits per heavy atom. The van der Waals surface area contributed by atoms with Gasteiger partial charge in [0.2, 0.25) is 0 Å². The molecule has 0 bridgehead atoms. The molecule has 16 heteroatoms. The van der Waals surface area contributed by atoms with Crippen LogP contribution >= 0.6 is 0 Å². The highest BCUT2D eigenvalue weighted by Gasteiger charge is 2.19. The van der Waals surface area contributed by atoms with Crippen molar-refractivity contribution in [3.63, 3.8) is 0 Å². The van der Waals surface area contributed by atoms with E-state index in [9.17, 15) is 14.4 Å². The molecule has 0 aromatic rings. The predicted molar refractivity (Wildman–Crippen MR) is 173 cm³/mol. The van der Waals surface area contributed by atoms with E-state index in [0.717, 1.165) is 6.54 Å². The molecule has 0 aliphatic rings. The molecule has 16 nitrogen and oxygen atoms in total. The molecule has 1 N–H and O–H groups in total. The lowest BCUT2D eigenvalue weighted by Crippen LogP contribution is -2.36. The first-order valence-corrected chi connectivity index (χ1v) is 15.9. The molecule has 0 aromatic carbocycles. The van der Waals surface area contributed by atoms with Crippen LogP contribution in [0.1, 0.15) is 33.6 Å². The highest BCUT2D eigenvalue weighted by atomic mass is 16.6. The van der Waals surface area contributed by atoms with Crippen molar-refractivity contribution < 1.29 is 66.5 Å². The maximum absolute atomic E-state index is 11.7. The minimum Gasteiger partial charge on any atom is -0.469 e. The third kappa shape index (κ3) is 39.9. The standard InChI is InChI=1S/C18H35NO8.C13H27NO6/c1-18(2,3)27-17(21)19(4)7-9-24-11-13-26-15-14-25-12-10-23-8-6-16(20)22-5;1-14-4-6-18-8-10-20-12-11-19-9-7-17-5-3-13(15)16-2/h6-15H2,1-5H3;14H,3-12H2,1-2H3. The van der Waals surface area contributed by atoms with Gasteiger partial charge in [-0.1, -0.05) is 0 Å². The zero-order valence-electron chi connectivity index (χ0n) is 29.8. The van der Waals surface area contributed by atoms with E-state index < -0.39 is 5.60 Å². The number of hydrogen-bond acceptors (Lipinski definition) is 15. The zero-order valence-corrected chi connectivity index (χ0v) is 29.8. The van der Waals surface area contributed by atoms with Gasteiger partial charge in [-0.3, -0.25) is 9.59 Å². The lowest BCUT2D eigenvalue weighted by molar-refractivity contribution is -0.142. The normalized spacial score (nSPS) is 11.0. The second-order valence-electron chi connectivity index (χ2n) is 10.6. The fourth-order valence-corrected chi connectivity index (χ4v) is 2.85. The topological polar surface area (TPSA) is 168 Å². The van der Waals surface area contributed by atoms with Crippen LogP contribution in [0.15, 0.2) is 0 Å². The van der Waals surface area contributed by atoms with Crippen LogP contribution in [0, 0.1) is 0 Å². The zero-order chi connectivity index (χ0) is 35.4. The van der Waals surface area contributed by atoms with Crippen molar-refractivity contribution in [1.29, 1.82) is 0 Å². The van der Waals surface area contributed by atoms with Gasteiger partial charge >= 0.3 is 18.0 Å². The van der Waals surface area contributed by atoms with Crippen molar-refractivity contribution in [2.75, 3.05) is 147 Å². The Kier molecular flexibility index (Phi) is 35.1. The summed E-state index contributed by atoms with van der Waals surface area (Å²) in [6.07, 6.45) is 0.147. The van der Waals surface area contributed by atoms with E-state index in [1.807, 2.05) is 27.8 Å².